The predicted molar refractivity (Wildman–Crippen MR) is 113 cm³/mol. The summed E-state index contributed by atoms with van der Waals surface area (Å²) in [6.07, 6.45) is 1.43. The van der Waals surface area contributed by atoms with Crippen LogP contribution in [0.4, 0.5) is 5.69 Å². The van der Waals surface area contributed by atoms with E-state index in [9.17, 15) is 18.3 Å². The van der Waals surface area contributed by atoms with Gasteiger partial charge in [0.1, 0.15) is 5.75 Å². The summed E-state index contributed by atoms with van der Waals surface area (Å²) in [5, 5.41) is 16.3. The van der Waals surface area contributed by atoms with Crippen LogP contribution in [0, 0.1) is 5.41 Å². The first-order valence-electron chi connectivity index (χ1n) is 9.23. The summed E-state index contributed by atoms with van der Waals surface area (Å²) >= 11 is 0. The molecule has 7 nitrogen and oxygen atoms in total. The number of anilines is 1. The van der Waals surface area contributed by atoms with E-state index < -0.39 is 21.5 Å². The summed E-state index contributed by atoms with van der Waals surface area (Å²) in [7, 11) is -3.48. The minimum Gasteiger partial charge on any atom is -0.508 e. The van der Waals surface area contributed by atoms with Crippen molar-refractivity contribution in [1.82, 2.24) is 5.01 Å². The number of hydrazone groups is 1. The number of benzene rings is 2. The number of rotatable bonds is 4. The number of para-hydroxylation sites is 2. The maximum absolute atomic E-state index is 13.1. The number of nitrogens with one attached hydrogen (secondary N) is 1. The number of sulfonamides is 1. The van der Waals surface area contributed by atoms with Crippen molar-refractivity contribution in [3.05, 3.63) is 59.7 Å². The molecule has 2 aromatic carbocycles. The topological polar surface area (TPSA) is 99.1 Å². The Morgan fingerprint density at radius 3 is 2.38 bits per heavy atom. The van der Waals surface area contributed by atoms with Gasteiger partial charge in [-0.25, -0.2) is 13.4 Å². The molecule has 0 saturated heterocycles. The van der Waals surface area contributed by atoms with Crippen LogP contribution in [0.1, 0.15) is 44.4 Å². The van der Waals surface area contributed by atoms with Crippen molar-refractivity contribution < 1.29 is 18.3 Å². The second-order valence-electron chi connectivity index (χ2n) is 8.14. The zero-order valence-corrected chi connectivity index (χ0v) is 17.7. The summed E-state index contributed by atoms with van der Waals surface area (Å²) in [5.74, 6) is -0.0995. The van der Waals surface area contributed by atoms with Gasteiger partial charge >= 0.3 is 0 Å². The summed E-state index contributed by atoms with van der Waals surface area (Å²) in [5.41, 5.74) is 1.49. The van der Waals surface area contributed by atoms with E-state index >= 15 is 0 Å². The molecule has 8 heteroatoms. The standard InChI is InChI=1S/C21H25N3O4S/c1-21(2,3)20(26)24-18(15-10-6-8-12-19(15)25)13-17(22-24)14-9-5-7-11-16(14)23-29(4,27)28/h5-12,18,23,25H,13H2,1-4H3/t18-/m1/s1. The third-order valence-corrected chi connectivity index (χ3v) is 5.18. The third kappa shape index (κ3) is 4.59. The number of carbonyl (C=O) groups is 1. The second-order valence-corrected chi connectivity index (χ2v) is 9.89. The highest BCUT2D eigenvalue weighted by Gasteiger charge is 2.39. The van der Waals surface area contributed by atoms with Crippen molar-refractivity contribution in [3.8, 4) is 5.75 Å². The number of phenols is 1. The van der Waals surface area contributed by atoms with Crippen molar-refractivity contribution in [3.63, 3.8) is 0 Å². The first-order valence-corrected chi connectivity index (χ1v) is 11.1. The molecule has 0 aliphatic carbocycles. The van der Waals surface area contributed by atoms with Gasteiger partial charge < -0.3 is 5.11 Å². The van der Waals surface area contributed by atoms with E-state index in [1.807, 2.05) is 20.8 Å². The zero-order valence-electron chi connectivity index (χ0n) is 16.9. The number of aromatic hydroxyl groups is 1. The maximum Gasteiger partial charge on any atom is 0.248 e. The lowest BCUT2D eigenvalue weighted by molar-refractivity contribution is -0.141. The molecular formula is C21H25N3O4S. The van der Waals surface area contributed by atoms with Crippen molar-refractivity contribution in [2.24, 2.45) is 10.5 Å². The lowest BCUT2D eigenvalue weighted by Crippen LogP contribution is -2.36. The number of hydrogen-bond acceptors (Lipinski definition) is 5. The molecule has 1 heterocycles. The van der Waals surface area contributed by atoms with E-state index in [1.54, 1.807) is 48.5 Å². The van der Waals surface area contributed by atoms with Gasteiger partial charge in [0.25, 0.3) is 0 Å². The highest BCUT2D eigenvalue weighted by molar-refractivity contribution is 7.92. The van der Waals surface area contributed by atoms with Crippen LogP contribution in [0.25, 0.3) is 0 Å². The molecule has 0 spiro atoms. The highest BCUT2D eigenvalue weighted by atomic mass is 32.2. The Balaban J connectivity index is 2.08. The van der Waals surface area contributed by atoms with Crippen LogP contribution in [-0.2, 0) is 14.8 Å². The fourth-order valence-electron chi connectivity index (χ4n) is 3.24. The number of hydrogen-bond donors (Lipinski definition) is 2. The van der Waals surface area contributed by atoms with E-state index in [0.717, 1.165) is 6.26 Å². The average molecular weight is 416 g/mol. The maximum atomic E-state index is 13.1. The largest absolute Gasteiger partial charge is 0.508 e. The summed E-state index contributed by atoms with van der Waals surface area (Å²) in [6, 6.07) is 13.3. The number of carbonyl (C=O) groups excluding carboxylic acids is 1. The highest BCUT2D eigenvalue weighted by Crippen LogP contribution is 2.40. The Bertz CT molecular complexity index is 1070. The molecule has 2 aromatic rings. The SMILES string of the molecule is CC(C)(C)C(=O)N1N=C(c2ccccc2NS(C)(=O)=O)C[C@@H]1c1ccccc1O. The fraction of sp³-hybridized carbons (Fsp3) is 0.333. The van der Waals surface area contributed by atoms with E-state index in [4.69, 9.17) is 0 Å². The van der Waals surface area contributed by atoms with Gasteiger partial charge in [0.15, 0.2) is 0 Å². The average Bonchev–Trinajstić information content (AvgIpc) is 3.04. The zero-order chi connectivity index (χ0) is 21.4. The Morgan fingerprint density at radius 1 is 1.14 bits per heavy atom. The quantitative estimate of drug-likeness (QED) is 0.798. The van der Waals surface area contributed by atoms with E-state index in [0.29, 0.717) is 28.9 Å². The van der Waals surface area contributed by atoms with Crippen molar-refractivity contribution >= 4 is 27.3 Å². The lowest BCUT2D eigenvalue weighted by Gasteiger charge is -2.28. The van der Waals surface area contributed by atoms with Crippen molar-refractivity contribution in [2.75, 3.05) is 11.0 Å². The number of amides is 1. The first-order chi connectivity index (χ1) is 13.5. The first kappa shape index (κ1) is 20.9. The van der Waals surface area contributed by atoms with Crippen molar-refractivity contribution in [2.45, 2.75) is 33.2 Å². The Labute approximate surface area is 171 Å². The van der Waals surface area contributed by atoms with Gasteiger partial charge in [0.2, 0.25) is 15.9 Å². The van der Waals surface area contributed by atoms with Crippen LogP contribution < -0.4 is 4.72 Å². The molecule has 1 amide bonds. The molecule has 1 atom stereocenters. The van der Waals surface area contributed by atoms with Gasteiger partial charge in [0, 0.05) is 23.0 Å². The molecule has 0 saturated carbocycles. The molecule has 0 fully saturated rings. The van der Waals surface area contributed by atoms with E-state index in [-0.39, 0.29) is 11.7 Å². The van der Waals surface area contributed by atoms with Crippen LogP contribution in [0.2, 0.25) is 0 Å². The number of phenolic OH excluding ortho intramolecular Hbond substituents is 1. The molecule has 154 valence electrons. The van der Waals surface area contributed by atoms with Gasteiger partial charge in [-0.3, -0.25) is 9.52 Å². The van der Waals surface area contributed by atoms with Crippen LogP contribution in [-0.4, -0.2) is 36.4 Å². The summed E-state index contributed by atoms with van der Waals surface area (Å²) in [4.78, 5) is 13.1. The van der Waals surface area contributed by atoms with E-state index in [1.165, 1.54) is 5.01 Å². The van der Waals surface area contributed by atoms with Gasteiger partial charge in [-0.2, -0.15) is 5.10 Å². The smallest absolute Gasteiger partial charge is 0.248 e. The Morgan fingerprint density at radius 2 is 1.76 bits per heavy atom. The van der Waals surface area contributed by atoms with Crippen LogP contribution in [0.15, 0.2) is 53.6 Å². The minimum absolute atomic E-state index is 0.0863. The molecular weight excluding hydrogens is 390 g/mol. The second kappa shape index (κ2) is 7.51. The van der Waals surface area contributed by atoms with Gasteiger partial charge in [0.05, 0.1) is 23.7 Å². The Kier molecular flexibility index (Phi) is 5.40. The van der Waals surface area contributed by atoms with E-state index in [2.05, 4.69) is 9.82 Å². The fourth-order valence-corrected chi connectivity index (χ4v) is 3.82. The van der Waals surface area contributed by atoms with Crippen molar-refractivity contribution in [1.29, 1.82) is 0 Å². The molecule has 0 unspecified atom stereocenters. The summed E-state index contributed by atoms with van der Waals surface area (Å²) < 4.78 is 26.0. The molecule has 0 bridgehead atoms. The van der Waals surface area contributed by atoms with Gasteiger partial charge in [-0.1, -0.05) is 57.2 Å². The predicted octanol–water partition coefficient (Wildman–Crippen LogP) is 3.49. The van der Waals surface area contributed by atoms with Crippen LogP contribution in [0.3, 0.4) is 0 Å². The molecule has 0 radical (unpaired) electrons. The van der Waals surface area contributed by atoms with Gasteiger partial charge in [-0.15, -0.1) is 0 Å². The van der Waals surface area contributed by atoms with Crippen LogP contribution >= 0.6 is 0 Å². The monoisotopic (exact) mass is 415 g/mol. The molecule has 29 heavy (non-hydrogen) atoms. The lowest BCUT2D eigenvalue weighted by atomic mass is 9.92. The molecule has 1 aliphatic rings. The summed E-state index contributed by atoms with van der Waals surface area (Å²) in [6.45, 7) is 5.43. The minimum atomic E-state index is -3.48. The molecule has 1 aliphatic heterocycles. The van der Waals surface area contributed by atoms with Gasteiger partial charge in [-0.05, 0) is 12.1 Å². The molecule has 0 aromatic heterocycles. The molecule has 2 N–H and O–H groups in total. The normalized spacial score (nSPS) is 17.2. The Hall–Kier alpha value is -2.87. The number of nitrogens with zero attached hydrogens (tertiary/aromatic N) is 2. The van der Waals surface area contributed by atoms with Crippen LogP contribution in [0.5, 0.6) is 5.75 Å². The molecule has 3 rings (SSSR count). The third-order valence-electron chi connectivity index (χ3n) is 4.59.